The second-order valence-corrected chi connectivity index (χ2v) is 8.57. The molecular formula is C33H32O7. The summed E-state index contributed by atoms with van der Waals surface area (Å²) in [5, 5.41) is 4.04. The number of carbonyl (C=O) groups excluding carboxylic acids is 4. The van der Waals surface area contributed by atoms with Gasteiger partial charge in [-0.1, -0.05) is 72.8 Å². The largest absolute Gasteiger partial charge is 0.500 e. The predicted molar refractivity (Wildman–Crippen MR) is 154 cm³/mol. The Morgan fingerprint density at radius 3 is 1.70 bits per heavy atom. The highest BCUT2D eigenvalue weighted by Crippen LogP contribution is 2.19. The number of rotatable bonds is 10. The fraction of sp³-hybridized carbons (Fsp3) is 0.212. The third-order valence-corrected chi connectivity index (χ3v) is 5.80. The van der Waals surface area contributed by atoms with Crippen LogP contribution in [-0.4, -0.2) is 43.3 Å². The summed E-state index contributed by atoms with van der Waals surface area (Å²) >= 11 is 0. The van der Waals surface area contributed by atoms with Crippen LogP contribution in [0.2, 0.25) is 0 Å². The summed E-state index contributed by atoms with van der Waals surface area (Å²) in [4.78, 5) is 47.6. The van der Waals surface area contributed by atoms with Gasteiger partial charge in [0.1, 0.15) is 18.3 Å². The summed E-state index contributed by atoms with van der Waals surface area (Å²) in [7, 11) is 0. The van der Waals surface area contributed by atoms with Crippen molar-refractivity contribution in [3.05, 3.63) is 108 Å². The molecule has 0 aliphatic carbocycles. The highest BCUT2D eigenvalue weighted by molar-refractivity contribution is 6.24. The van der Waals surface area contributed by atoms with Crippen LogP contribution in [0.4, 0.5) is 0 Å². The number of benzene rings is 4. The van der Waals surface area contributed by atoms with Crippen LogP contribution in [0.15, 0.2) is 96.8 Å². The van der Waals surface area contributed by atoms with Gasteiger partial charge >= 0.3 is 11.9 Å². The molecule has 0 aromatic heterocycles. The maximum absolute atomic E-state index is 12.6. The van der Waals surface area contributed by atoms with Gasteiger partial charge in [0.25, 0.3) is 0 Å². The van der Waals surface area contributed by atoms with E-state index in [1.165, 1.54) is 6.26 Å². The molecule has 0 aliphatic heterocycles. The van der Waals surface area contributed by atoms with Gasteiger partial charge in [-0.25, -0.2) is 4.79 Å². The molecule has 7 heteroatoms. The maximum Gasteiger partial charge on any atom is 0.345 e. The number of ketones is 2. The SMILES string of the molecule is CCOC(=O)CC(=O)c1ccc2ccccc2c1.CCOC=C(C(=O)OCC)C(=O)c1ccc2ccccc2c1. The number of ether oxygens (including phenoxy) is 3. The zero-order chi connectivity index (χ0) is 28.9. The smallest absolute Gasteiger partial charge is 0.345 e. The van der Waals surface area contributed by atoms with Crippen molar-refractivity contribution in [2.45, 2.75) is 27.2 Å². The average Bonchev–Trinajstić information content (AvgIpc) is 2.97. The van der Waals surface area contributed by atoms with Crippen LogP contribution in [0.3, 0.4) is 0 Å². The maximum atomic E-state index is 12.6. The van der Waals surface area contributed by atoms with Crippen molar-refractivity contribution < 1.29 is 33.4 Å². The van der Waals surface area contributed by atoms with E-state index in [0.717, 1.165) is 21.5 Å². The highest BCUT2D eigenvalue weighted by atomic mass is 16.5. The minimum absolute atomic E-state index is 0.0982. The Morgan fingerprint density at radius 2 is 1.15 bits per heavy atom. The van der Waals surface area contributed by atoms with Crippen molar-refractivity contribution in [1.29, 1.82) is 0 Å². The molecular weight excluding hydrogens is 508 g/mol. The third kappa shape index (κ3) is 8.11. The molecule has 0 bridgehead atoms. The first-order valence-electron chi connectivity index (χ1n) is 13.1. The Balaban J connectivity index is 0.000000225. The first-order chi connectivity index (χ1) is 19.4. The topological polar surface area (TPSA) is 96.0 Å². The number of esters is 2. The average molecular weight is 541 g/mol. The van der Waals surface area contributed by atoms with Gasteiger partial charge in [0, 0.05) is 11.1 Å². The van der Waals surface area contributed by atoms with Gasteiger partial charge in [-0.05, 0) is 54.4 Å². The minimum atomic E-state index is -0.672. The minimum Gasteiger partial charge on any atom is -0.500 e. The van der Waals surface area contributed by atoms with Crippen molar-refractivity contribution in [3.63, 3.8) is 0 Å². The lowest BCUT2D eigenvalue weighted by Gasteiger charge is -2.07. The molecule has 4 aromatic rings. The Bertz CT molecular complexity index is 1530. The number of Topliss-reactive ketones (excluding diaryl/α,β-unsaturated/α-hetero) is 2. The van der Waals surface area contributed by atoms with Crippen LogP contribution in [0.5, 0.6) is 0 Å². The summed E-state index contributed by atoms with van der Waals surface area (Å²) in [5.74, 6) is -1.76. The zero-order valence-corrected chi connectivity index (χ0v) is 22.8. The van der Waals surface area contributed by atoms with Crippen molar-refractivity contribution in [2.75, 3.05) is 19.8 Å². The van der Waals surface area contributed by atoms with Crippen LogP contribution < -0.4 is 0 Å². The van der Waals surface area contributed by atoms with Gasteiger partial charge in [-0.2, -0.15) is 0 Å². The van der Waals surface area contributed by atoms with Crippen LogP contribution >= 0.6 is 0 Å². The molecule has 0 saturated heterocycles. The van der Waals surface area contributed by atoms with Crippen LogP contribution in [-0.2, 0) is 23.8 Å². The van der Waals surface area contributed by atoms with Crippen molar-refractivity contribution in [1.82, 2.24) is 0 Å². The highest BCUT2D eigenvalue weighted by Gasteiger charge is 2.22. The van der Waals surface area contributed by atoms with E-state index in [2.05, 4.69) is 0 Å². The molecule has 0 aliphatic rings. The molecule has 0 saturated carbocycles. The Morgan fingerprint density at radius 1 is 0.625 bits per heavy atom. The van der Waals surface area contributed by atoms with Gasteiger partial charge < -0.3 is 14.2 Å². The Hall–Kier alpha value is -4.78. The molecule has 0 N–H and O–H groups in total. The van der Waals surface area contributed by atoms with E-state index in [1.807, 2.05) is 60.7 Å². The van der Waals surface area contributed by atoms with E-state index >= 15 is 0 Å². The molecule has 0 amide bonds. The van der Waals surface area contributed by atoms with Crippen molar-refractivity contribution >= 4 is 45.0 Å². The number of carbonyl (C=O) groups is 4. The van der Waals surface area contributed by atoms with Gasteiger partial charge in [0.05, 0.1) is 19.8 Å². The summed E-state index contributed by atoms with van der Waals surface area (Å²) in [6.45, 7) is 6.06. The molecule has 40 heavy (non-hydrogen) atoms. The first kappa shape index (κ1) is 29.8. The van der Waals surface area contributed by atoms with Gasteiger partial charge in [-0.3, -0.25) is 14.4 Å². The van der Waals surface area contributed by atoms with E-state index in [0.29, 0.717) is 24.3 Å². The Labute approximate surface area is 233 Å². The second-order valence-electron chi connectivity index (χ2n) is 8.57. The standard InChI is InChI=1S/C18H18O4.C15H14O3/c1-3-21-12-16(18(20)22-4-2)17(19)15-10-9-13-7-5-6-8-14(13)11-15;1-2-18-15(17)10-14(16)13-8-7-11-5-3-4-6-12(11)9-13/h5-12H,3-4H2,1-2H3;3-9H,2,10H2,1H3. The molecule has 0 fully saturated rings. The van der Waals surface area contributed by atoms with E-state index in [1.54, 1.807) is 45.0 Å². The van der Waals surface area contributed by atoms with Crippen LogP contribution in [0.1, 0.15) is 47.9 Å². The number of hydrogen-bond acceptors (Lipinski definition) is 7. The Kier molecular flexibility index (Phi) is 11.1. The lowest BCUT2D eigenvalue weighted by atomic mass is 10.0. The van der Waals surface area contributed by atoms with Crippen molar-refractivity contribution in [2.24, 2.45) is 0 Å². The molecule has 0 spiro atoms. The van der Waals surface area contributed by atoms with Gasteiger partial charge in [0.2, 0.25) is 5.78 Å². The summed E-state index contributed by atoms with van der Waals surface area (Å²) in [6.07, 6.45) is 0.974. The quantitative estimate of drug-likeness (QED) is 0.0567. The lowest BCUT2D eigenvalue weighted by molar-refractivity contribution is -0.142. The first-order valence-corrected chi connectivity index (χ1v) is 13.1. The summed E-state index contributed by atoms with van der Waals surface area (Å²) in [6, 6.07) is 26.2. The zero-order valence-electron chi connectivity index (χ0n) is 22.8. The van der Waals surface area contributed by atoms with Gasteiger partial charge in [-0.15, -0.1) is 0 Å². The molecule has 4 aromatic carbocycles. The predicted octanol–water partition coefficient (Wildman–Crippen LogP) is 6.48. The van der Waals surface area contributed by atoms with E-state index in [9.17, 15) is 19.2 Å². The lowest BCUT2D eigenvalue weighted by Crippen LogP contribution is -2.16. The molecule has 0 unspecified atom stereocenters. The fourth-order valence-corrected chi connectivity index (χ4v) is 3.86. The molecule has 7 nitrogen and oxygen atoms in total. The molecule has 206 valence electrons. The third-order valence-electron chi connectivity index (χ3n) is 5.80. The van der Waals surface area contributed by atoms with E-state index in [4.69, 9.17) is 14.2 Å². The molecule has 4 rings (SSSR count). The number of hydrogen-bond donors (Lipinski definition) is 0. The van der Waals surface area contributed by atoms with E-state index < -0.39 is 17.7 Å². The van der Waals surface area contributed by atoms with Crippen molar-refractivity contribution in [3.8, 4) is 0 Å². The molecule has 0 radical (unpaired) electrons. The van der Waals surface area contributed by atoms with E-state index in [-0.39, 0.29) is 24.4 Å². The number of fused-ring (bicyclic) bond motifs is 2. The van der Waals surface area contributed by atoms with Gasteiger partial charge in [0.15, 0.2) is 5.78 Å². The fourth-order valence-electron chi connectivity index (χ4n) is 3.86. The molecule has 0 heterocycles. The summed E-state index contributed by atoms with van der Waals surface area (Å²) < 4.78 is 14.8. The summed E-state index contributed by atoms with van der Waals surface area (Å²) in [5.41, 5.74) is 0.874. The molecule has 0 atom stereocenters. The van der Waals surface area contributed by atoms with Crippen LogP contribution in [0, 0.1) is 0 Å². The monoisotopic (exact) mass is 540 g/mol. The second kappa shape index (κ2) is 15.0. The normalized spacial score (nSPS) is 10.8. The van der Waals surface area contributed by atoms with Crippen LogP contribution in [0.25, 0.3) is 21.5 Å².